The Kier molecular flexibility index (Phi) is 5.38. The molecule has 0 amide bonds. The highest BCUT2D eigenvalue weighted by molar-refractivity contribution is 6.25. The SMILES string of the molecule is c1ccc(-n2c3ccccc3c3ccc(-c4ccc5c(c4)-c4cccc6c4c(cc4c6c6ccccc6n4-c4ccccc4)O5)cc32)cc1. The summed E-state index contributed by atoms with van der Waals surface area (Å²) in [6.07, 6.45) is 0. The number of hydrogen-bond acceptors (Lipinski definition) is 1. The number of aromatic nitrogens is 2. The van der Waals surface area contributed by atoms with E-state index in [1.165, 1.54) is 54.6 Å². The van der Waals surface area contributed by atoms with Gasteiger partial charge in [0.15, 0.2) is 0 Å². The standard InChI is InChI=1S/C46H28N2O/c1-3-12-31(13-4-1)47-39-20-9-7-16-33(39)34-24-22-30(27-41(34)47)29-23-25-43-38(26-29)35-18-11-19-37-45-36-17-8-10-21-40(36)48(32-14-5-2-6-15-32)42(45)28-44(49-43)46(35)37/h1-28H. The molecule has 0 fully saturated rings. The second kappa shape index (κ2) is 9.96. The molecule has 1 aliphatic heterocycles. The molecule has 0 N–H and O–H groups in total. The van der Waals surface area contributed by atoms with Crippen molar-refractivity contribution in [3.8, 4) is 45.1 Å². The van der Waals surface area contributed by atoms with Gasteiger partial charge in [-0.05, 0) is 76.7 Å². The van der Waals surface area contributed by atoms with Crippen molar-refractivity contribution in [2.75, 3.05) is 0 Å². The fourth-order valence-electron chi connectivity index (χ4n) is 8.19. The van der Waals surface area contributed by atoms with Gasteiger partial charge in [-0.1, -0.05) is 109 Å². The van der Waals surface area contributed by atoms with E-state index in [2.05, 4.69) is 179 Å². The molecule has 0 saturated carbocycles. The average Bonchev–Trinajstić information content (AvgIpc) is 3.68. The van der Waals surface area contributed by atoms with Gasteiger partial charge in [-0.3, -0.25) is 0 Å². The molecule has 228 valence electrons. The van der Waals surface area contributed by atoms with Gasteiger partial charge in [0.2, 0.25) is 0 Å². The van der Waals surface area contributed by atoms with E-state index in [4.69, 9.17) is 4.74 Å². The van der Waals surface area contributed by atoms with E-state index in [9.17, 15) is 0 Å². The van der Waals surface area contributed by atoms with Gasteiger partial charge in [-0.25, -0.2) is 0 Å². The molecule has 3 heteroatoms. The van der Waals surface area contributed by atoms with Crippen LogP contribution in [0.2, 0.25) is 0 Å². The highest BCUT2D eigenvalue weighted by Crippen LogP contribution is 2.51. The van der Waals surface area contributed by atoms with E-state index in [1.807, 2.05) is 0 Å². The van der Waals surface area contributed by atoms with Crippen LogP contribution in [0.1, 0.15) is 0 Å². The summed E-state index contributed by atoms with van der Waals surface area (Å²) in [7, 11) is 0. The van der Waals surface area contributed by atoms with Crippen molar-refractivity contribution in [2.24, 2.45) is 0 Å². The average molecular weight is 625 g/mol. The van der Waals surface area contributed by atoms with E-state index in [-0.39, 0.29) is 0 Å². The Labute approximate surface area is 282 Å². The van der Waals surface area contributed by atoms with Crippen molar-refractivity contribution in [1.29, 1.82) is 0 Å². The maximum Gasteiger partial charge on any atom is 0.138 e. The number of hydrogen-bond donors (Lipinski definition) is 0. The van der Waals surface area contributed by atoms with Gasteiger partial charge in [-0.2, -0.15) is 0 Å². The zero-order valence-corrected chi connectivity index (χ0v) is 26.5. The van der Waals surface area contributed by atoms with E-state index in [0.717, 1.165) is 44.9 Å². The lowest BCUT2D eigenvalue weighted by Crippen LogP contribution is -1.99. The van der Waals surface area contributed by atoms with Crippen molar-refractivity contribution in [2.45, 2.75) is 0 Å². The number of ether oxygens (including phenoxy) is 1. The van der Waals surface area contributed by atoms with Crippen molar-refractivity contribution in [3.63, 3.8) is 0 Å². The van der Waals surface area contributed by atoms with Crippen LogP contribution in [0.5, 0.6) is 11.5 Å². The summed E-state index contributed by atoms with van der Waals surface area (Å²) >= 11 is 0. The number of benzene rings is 8. The monoisotopic (exact) mass is 624 g/mol. The second-order valence-electron chi connectivity index (χ2n) is 12.9. The lowest BCUT2D eigenvalue weighted by Gasteiger charge is -2.23. The minimum absolute atomic E-state index is 0.880. The normalized spacial score (nSPS) is 12.2. The fourth-order valence-corrected chi connectivity index (χ4v) is 8.19. The number of rotatable bonds is 3. The summed E-state index contributed by atoms with van der Waals surface area (Å²) in [5.74, 6) is 1.78. The van der Waals surface area contributed by atoms with Crippen molar-refractivity contribution >= 4 is 54.4 Å². The molecule has 8 aromatic carbocycles. The quantitative estimate of drug-likeness (QED) is 0.191. The third kappa shape index (κ3) is 3.73. The smallest absolute Gasteiger partial charge is 0.138 e. The highest BCUT2D eigenvalue weighted by Gasteiger charge is 2.25. The summed E-state index contributed by atoms with van der Waals surface area (Å²) in [4.78, 5) is 0. The Bertz CT molecular complexity index is 2950. The molecule has 0 radical (unpaired) electrons. The van der Waals surface area contributed by atoms with Crippen LogP contribution in [0.3, 0.4) is 0 Å². The maximum absolute atomic E-state index is 6.81. The van der Waals surface area contributed by atoms with Crippen LogP contribution in [-0.4, -0.2) is 9.13 Å². The summed E-state index contributed by atoms with van der Waals surface area (Å²) < 4.78 is 11.5. The molecule has 1 aliphatic rings. The summed E-state index contributed by atoms with van der Waals surface area (Å²) in [6, 6.07) is 61.1. The zero-order valence-electron chi connectivity index (χ0n) is 26.5. The number of nitrogens with zero attached hydrogens (tertiary/aromatic N) is 2. The molecule has 10 aromatic rings. The molecule has 49 heavy (non-hydrogen) atoms. The largest absolute Gasteiger partial charge is 0.456 e. The first-order chi connectivity index (χ1) is 24.3. The third-order valence-electron chi connectivity index (χ3n) is 10.3. The Morgan fingerprint density at radius 3 is 1.69 bits per heavy atom. The van der Waals surface area contributed by atoms with Gasteiger partial charge in [0, 0.05) is 49.9 Å². The molecule has 0 bridgehead atoms. The van der Waals surface area contributed by atoms with E-state index < -0.39 is 0 Å². The first kappa shape index (κ1) is 26.5. The van der Waals surface area contributed by atoms with Gasteiger partial charge < -0.3 is 13.9 Å². The van der Waals surface area contributed by atoms with Crippen molar-refractivity contribution in [1.82, 2.24) is 9.13 Å². The van der Waals surface area contributed by atoms with Gasteiger partial charge in [0.25, 0.3) is 0 Å². The molecule has 0 saturated heterocycles. The van der Waals surface area contributed by atoms with Gasteiger partial charge >= 0.3 is 0 Å². The second-order valence-corrected chi connectivity index (χ2v) is 12.9. The van der Waals surface area contributed by atoms with Gasteiger partial charge in [0.1, 0.15) is 11.5 Å². The fraction of sp³-hybridized carbons (Fsp3) is 0. The third-order valence-corrected chi connectivity index (χ3v) is 10.3. The summed E-state index contributed by atoms with van der Waals surface area (Å²) in [6.45, 7) is 0. The van der Waals surface area contributed by atoms with Crippen LogP contribution < -0.4 is 4.74 Å². The predicted molar refractivity (Wildman–Crippen MR) is 204 cm³/mol. The molecule has 0 atom stereocenters. The Balaban J connectivity index is 1.13. The predicted octanol–water partition coefficient (Wildman–Crippen LogP) is 12.5. The van der Waals surface area contributed by atoms with Crippen LogP contribution in [0.25, 0.3) is 88.0 Å². The molecule has 3 nitrogen and oxygen atoms in total. The number of fused-ring (bicyclic) bond motifs is 9. The zero-order chi connectivity index (χ0) is 32.1. The lowest BCUT2D eigenvalue weighted by atomic mass is 9.90. The summed E-state index contributed by atoms with van der Waals surface area (Å²) in [5, 5.41) is 7.38. The summed E-state index contributed by atoms with van der Waals surface area (Å²) in [5.41, 5.74) is 11.7. The van der Waals surface area contributed by atoms with Crippen molar-refractivity contribution in [3.05, 3.63) is 170 Å². The first-order valence-corrected chi connectivity index (χ1v) is 16.8. The van der Waals surface area contributed by atoms with Crippen LogP contribution in [0, 0.1) is 0 Å². The van der Waals surface area contributed by atoms with E-state index in [1.54, 1.807) is 0 Å². The van der Waals surface area contributed by atoms with Crippen LogP contribution in [0.4, 0.5) is 0 Å². The van der Waals surface area contributed by atoms with Gasteiger partial charge in [0.05, 0.1) is 22.1 Å². The molecule has 3 heterocycles. The molecule has 0 aliphatic carbocycles. The molecule has 2 aromatic heterocycles. The molecule has 0 unspecified atom stereocenters. The highest BCUT2D eigenvalue weighted by atomic mass is 16.5. The minimum atomic E-state index is 0.880. The molecular formula is C46H28N2O. The molecule has 0 spiro atoms. The Morgan fingerprint density at radius 1 is 0.327 bits per heavy atom. The van der Waals surface area contributed by atoms with Crippen LogP contribution in [-0.2, 0) is 0 Å². The maximum atomic E-state index is 6.81. The van der Waals surface area contributed by atoms with Gasteiger partial charge in [-0.15, -0.1) is 0 Å². The van der Waals surface area contributed by atoms with E-state index >= 15 is 0 Å². The Morgan fingerprint density at radius 2 is 0.918 bits per heavy atom. The molecule has 11 rings (SSSR count). The molecular weight excluding hydrogens is 597 g/mol. The number of para-hydroxylation sites is 4. The lowest BCUT2D eigenvalue weighted by molar-refractivity contribution is 0.487. The Hall–Kier alpha value is -6.58. The van der Waals surface area contributed by atoms with E-state index in [0.29, 0.717) is 0 Å². The topological polar surface area (TPSA) is 19.1 Å². The minimum Gasteiger partial charge on any atom is -0.456 e. The van der Waals surface area contributed by atoms with Crippen LogP contribution >= 0.6 is 0 Å². The van der Waals surface area contributed by atoms with Crippen molar-refractivity contribution < 1.29 is 4.74 Å². The van der Waals surface area contributed by atoms with Crippen LogP contribution in [0.15, 0.2) is 170 Å². The first-order valence-electron chi connectivity index (χ1n) is 16.8.